The van der Waals surface area contributed by atoms with E-state index in [9.17, 15) is 4.79 Å². The molecule has 0 unspecified atom stereocenters. The van der Waals surface area contributed by atoms with Gasteiger partial charge < -0.3 is 23.8 Å². The Hall–Kier alpha value is -3.55. The zero-order valence-corrected chi connectivity index (χ0v) is 16.3. The summed E-state index contributed by atoms with van der Waals surface area (Å²) in [6.45, 7) is 2.70. The summed E-state index contributed by atoms with van der Waals surface area (Å²) in [5.74, 6) is 2.99. The van der Waals surface area contributed by atoms with Crippen LogP contribution in [0.15, 0.2) is 61.2 Å². The van der Waals surface area contributed by atoms with Crippen molar-refractivity contribution in [1.29, 1.82) is 0 Å². The molecule has 0 radical (unpaired) electrons. The molecule has 29 heavy (non-hydrogen) atoms. The molecular weight excluding hydrogens is 370 g/mol. The number of rotatable bonds is 6. The van der Waals surface area contributed by atoms with Gasteiger partial charge in [-0.15, -0.1) is 0 Å². The zero-order valence-electron chi connectivity index (χ0n) is 16.3. The summed E-state index contributed by atoms with van der Waals surface area (Å²) in [5.41, 5.74) is 0. The molecule has 4 rings (SSSR count). The molecule has 1 aliphatic rings. The van der Waals surface area contributed by atoms with E-state index in [0.29, 0.717) is 37.7 Å². The Morgan fingerprint density at radius 2 is 1.69 bits per heavy atom. The Bertz CT molecular complexity index is 952. The van der Waals surface area contributed by atoms with Gasteiger partial charge in [0.2, 0.25) is 0 Å². The van der Waals surface area contributed by atoms with Crippen molar-refractivity contribution in [3.63, 3.8) is 0 Å². The molecule has 8 heteroatoms. The number of carbonyl (C=O) groups excluding carboxylic acids is 1. The molecule has 1 saturated heterocycles. The van der Waals surface area contributed by atoms with Crippen LogP contribution >= 0.6 is 0 Å². The topological polar surface area (TPSA) is 72.7 Å². The van der Waals surface area contributed by atoms with Gasteiger partial charge >= 0.3 is 0 Å². The fraction of sp³-hybridized carbons (Fsp3) is 0.286. The van der Waals surface area contributed by atoms with Crippen LogP contribution in [0.4, 0.5) is 5.82 Å². The number of hydrogen-bond donors (Lipinski definition) is 0. The first-order chi connectivity index (χ1) is 14.2. The van der Waals surface area contributed by atoms with E-state index in [4.69, 9.17) is 9.47 Å². The second-order valence-corrected chi connectivity index (χ2v) is 6.66. The minimum Gasteiger partial charge on any atom is -0.497 e. The molecular formula is C21H23N5O3. The molecule has 0 atom stereocenters. The lowest BCUT2D eigenvalue weighted by Gasteiger charge is -2.35. The van der Waals surface area contributed by atoms with Crippen LogP contribution in [0.2, 0.25) is 0 Å². The normalized spacial score (nSPS) is 14.0. The highest BCUT2D eigenvalue weighted by atomic mass is 16.5. The van der Waals surface area contributed by atoms with Gasteiger partial charge in [0, 0.05) is 50.7 Å². The molecule has 0 saturated carbocycles. The second kappa shape index (κ2) is 8.64. The zero-order chi connectivity index (χ0) is 20.1. The Balaban J connectivity index is 1.31. The maximum absolute atomic E-state index is 12.5. The van der Waals surface area contributed by atoms with Gasteiger partial charge in [-0.3, -0.25) is 4.79 Å². The maximum Gasteiger partial charge on any atom is 0.260 e. The smallest absolute Gasteiger partial charge is 0.260 e. The van der Waals surface area contributed by atoms with E-state index in [2.05, 4.69) is 14.9 Å². The maximum atomic E-state index is 12.5. The van der Waals surface area contributed by atoms with Gasteiger partial charge in [0.25, 0.3) is 5.91 Å². The number of carbonyl (C=O) groups is 1. The highest BCUT2D eigenvalue weighted by molar-refractivity contribution is 5.78. The van der Waals surface area contributed by atoms with Crippen molar-refractivity contribution < 1.29 is 14.3 Å². The van der Waals surface area contributed by atoms with E-state index in [1.165, 1.54) is 0 Å². The quantitative estimate of drug-likeness (QED) is 0.638. The van der Waals surface area contributed by atoms with Gasteiger partial charge in [0.05, 0.1) is 7.11 Å². The molecule has 1 fully saturated rings. The average Bonchev–Trinajstić information content (AvgIpc) is 3.33. The minimum atomic E-state index is -0.0248. The molecule has 8 nitrogen and oxygen atoms in total. The van der Waals surface area contributed by atoms with Gasteiger partial charge in [-0.05, 0) is 24.3 Å². The predicted molar refractivity (Wildman–Crippen MR) is 109 cm³/mol. The number of methoxy groups -OCH3 is 1. The largest absolute Gasteiger partial charge is 0.497 e. The summed E-state index contributed by atoms with van der Waals surface area (Å²) >= 11 is 0. The van der Waals surface area contributed by atoms with E-state index in [-0.39, 0.29) is 12.5 Å². The van der Waals surface area contributed by atoms with Crippen LogP contribution < -0.4 is 14.4 Å². The Morgan fingerprint density at radius 3 is 2.45 bits per heavy atom. The lowest BCUT2D eigenvalue weighted by atomic mass is 10.3. The summed E-state index contributed by atoms with van der Waals surface area (Å²) in [5, 5.41) is 0. The van der Waals surface area contributed by atoms with Gasteiger partial charge in [-0.1, -0.05) is 6.07 Å². The van der Waals surface area contributed by atoms with Gasteiger partial charge in [0.15, 0.2) is 6.61 Å². The van der Waals surface area contributed by atoms with Crippen molar-refractivity contribution in [2.45, 2.75) is 0 Å². The summed E-state index contributed by atoms with van der Waals surface area (Å²) in [6.07, 6.45) is 5.47. The first-order valence-corrected chi connectivity index (χ1v) is 9.48. The number of amides is 1. The molecule has 3 aromatic rings. The molecule has 0 aliphatic carbocycles. The number of ether oxygens (including phenoxy) is 2. The Labute approximate surface area is 169 Å². The third-order valence-electron chi connectivity index (χ3n) is 4.87. The molecule has 0 bridgehead atoms. The van der Waals surface area contributed by atoms with Crippen molar-refractivity contribution >= 4 is 11.7 Å². The standard InChI is InChI=1S/C21H23N5O3/c1-28-17-5-4-6-18(13-17)29-15-21(27)26-11-9-25(10-12-26)20-14-19(22-16-23-20)24-7-2-3-8-24/h2-8,13-14,16H,9-12,15H2,1H3. The third-order valence-corrected chi connectivity index (χ3v) is 4.87. The average molecular weight is 393 g/mol. The number of anilines is 1. The molecule has 1 amide bonds. The first kappa shape index (κ1) is 18.8. The van der Waals surface area contributed by atoms with Crippen LogP contribution in [0.3, 0.4) is 0 Å². The molecule has 2 aromatic heterocycles. The fourth-order valence-electron chi connectivity index (χ4n) is 3.25. The van der Waals surface area contributed by atoms with Gasteiger partial charge in [-0.25, -0.2) is 9.97 Å². The van der Waals surface area contributed by atoms with E-state index in [1.54, 1.807) is 19.5 Å². The van der Waals surface area contributed by atoms with Crippen molar-refractivity contribution in [2.75, 3.05) is 44.8 Å². The minimum absolute atomic E-state index is 0.0124. The van der Waals surface area contributed by atoms with Crippen molar-refractivity contribution in [3.05, 3.63) is 61.2 Å². The monoisotopic (exact) mass is 393 g/mol. The fourth-order valence-corrected chi connectivity index (χ4v) is 3.25. The SMILES string of the molecule is COc1cccc(OCC(=O)N2CCN(c3cc(-n4cccc4)ncn3)CC2)c1. The third kappa shape index (κ3) is 4.48. The van der Waals surface area contributed by atoms with Crippen molar-refractivity contribution in [3.8, 4) is 17.3 Å². The van der Waals surface area contributed by atoms with Crippen LogP contribution in [0, 0.1) is 0 Å². The van der Waals surface area contributed by atoms with Gasteiger partial charge in [0.1, 0.15) is 29.5 Å². The Kier molecular flexibility index (Phi) is 5.60. The van der Waals surface area contributed by atoms with Crippen molar-refractivity contribution in [1.82, 2.24) is 19.4 Å². The molecule has 0 N–H and O–H groups in total. The van der Waals surface area contributed by atoms with Crippen LogP contribution in [0.5, 0.6) is 11.5 Å². The summed E-state index contributed by atoms with van der Waals surface area (Å²) in [7, 11) is 1.60. The van der Waals surface area contributed by atoms with Crippen LogP contribution in [0.25, 0.3) is 5.82 Å². The van der Waals surface area contributed by atoms with Crippen LogP contribution in [0.1, 0.15) is 0 Å². The predicted octanol–water partition coefficient (Wildman–Crippen LogP) is 2.00. The number of nitrogens with zero attached hydrogens (tertiary/aromatic N) is 5. The molecule has 3 heterocycles. The Morgan fingerprint density at radius 1 is 0.966 bits per heavy atom. The van der Waals surface area contributed by atoms with E-state index >= 15 is 0 Å². The van der Waals surface area contributed by atoms with E-state index < -0.39 is 0 Å². The lowest BCUT2D eigenvalue weighted by Crippen LogP contribution is -2.50. The molecule has 1 aliphatic heterocycles. The number of piperazine rings is 1. The highest BCUT2D eigenvalue weighted by Crippen LogP contribution is 2.19. The number of benzene rings is 1. The molecule has 150 valence electrons. The van der Waals surface area contributed by atoms with Crippen LogP contribution in [-0.2, 0) is 4.79 Å². The summed E-state index contributed by atoms with van der Waals surface area (Å²) in [4.78, 5) is 25.2. The van der Waals surface area contributed by atoms with Crippen molar-refractivity contribution in [2.24, 2.45) is 0 Å². The summed E-state index contributed by atoms with van der Waals surface area (Å²) < 4.78 is 12.7. The summed E-state index contributed by atoms with van der Waals surface area (Å²) in [6, 6.07) is 13.1. The molecule has 0 spiro atoms. The van der Waals surface area contributed by atoms with E-state index in [0.717, 1.165) is 11.6 Å². The van der Waals surface area contributed by atoms with Crippen LogP contribution in [-0.4, -0.2) is 65.2 Å². The number of hydrogen-bond acceptors (Lipinski definition) is 6. The number of aromatic nitrogens is 3. The second-order valence-electron chi connectivity index (χ2n) is 6.66. The highest BCUT2D eigenvalue weighted by Gasteiger charge is 2.22. The first-order valence-electron chi connectivity index (χ1n) is 9.48. The molecule has 1 aromatic carbocycles. The lowest BCUT2D eigenvalue weighted by molar-refractivity contribution is -0.133. The van der Waals surface area contributed by atoms with Gasteiger partial charge in [-0.2, -0.15) is 0 Å². The van der Waals surface area contributed by atoms with E-state index in [1.807, 2.05) is 58.3 Å².